The van der Waals surface area contributed by atoms with Crippen molar-refractivity contribution >= 4 is 5.97 Å². The SMILES string of the molecule is Cn1ccnc1CN1CCC(C(=O)O)CC1. The van der Waals surface area contributed by atoms with Gasteiger partial charge in [-0.3, -0.25) is 9.69 Å². The number of hydrogen-bond acceptors (Lipinski definition) is 3. The smallest absolute Gasteiger partial charge is 0.306 e. The number of likely N-dealkylation sites (tertiary alicyclic amines) is 1. The van der Waals surface area contributed by atoms with Crippen molar-refractivity contribution in [3.05, 3.63) is 18.2 Å². The molecule has 0 radical (unpaired) electrons. The van der Waals surface area contributed by atoms with Crippen molar-refractivity contribution in [2.45, 2.75) is 19.4 Å². The minimum absolute atomic E-state index is 0.155. The highest BCUT2D eigenvalue weighted by atomic mass is 16.4. The van der Waals surface area contributed by atoms with E-state index in [2.05, 4.69) is 9.88 Å². The number of rotatable bonds is 3. The van der Waals surface area contributed by atoms with E-state index in [0.717, 1.165) is 38.3 Å². The Labute approximate surface area is 94.7 Å². The van der Waals surface area contributed by atoms with Gasteiger partial charge in [0.05, 0.1) is 12.5 Å². The van der Waals surface area contributed by atoms with Crippen molar-refractivity contribution in [3.63, 3.8) is 0 Å². The van der Waals surface area contributed by atoms with E-state index in [1.165, 1.54) is 0 Å². The molecule has 5 heteroatoms. The maximum absolute atomic E-state index is 10.8. The first-order valence-corrected chi connectivity index (χ1v) is 5.58. The zero-order valence-electron chi connectivity index (χ0n) is 9.46. The third-order valence-electron chi connectivity index (χ3n) is 3.22. The number of carbonyl (C=O) groups is 1. The lowest BCUT2D eigenvalue weighted by Crippen LogP contribution is -2.36. The Balaban J connectivity index is 1.86. The van der Waals surface area contributed by atoms with Gasteiger partial charge in [-0.1, -0.05) is 0 Å². The van der Waals surface area contributed by atoms with E-state index < -0.39 is 5.97 Å². The van der Waals surface area contributed by atoms with Gasteiger partial charge in [0.25, 0.3) is 0 Å². The third kappa shape index (κ3) is 2.41. The van der Waals surface area contributed by atoms with Crippen LogP contribution in [0, 0.1) is 5.92 Å². The maximum atomic E-state index is 10.8. The van der Waals surface area contributed by atoms with Crippen molar-refractivity contribution in [3.8, 4) is 0 Å². The molecular formula is C11H17N3O2. The van der Waals surface area contributed by atoms with Crippen LogP contribution in [-0.4, -0.2) is 38.6 Å². The number of aryl methyl sites for hydroxylation is 1. The molecule has 1 aliphatic rings. The van der Waals surface area contributed by atoms with Gasteiger partial charge < -0.3 is 9.67 Å². The van der Waals surface area contributed by atoms with Crippen LogP contribution in [0.4, 0.5) is 0 Å². The minimum atomic E-state index is -0.656. The predicted octanol–water partition coefficient (Wildman–Crippen LogP) is 0.717. The lowest BCUT2D eigenvalue weighted by Gasteiger charge is -2.29. The molecule has 0 amide bonds. The Bertz CT molecular complexity index is 367. The fourth-order valence-corrected chi connectivity index (χ4v) is 2.09. The van der Waals surface area contributed by atoms with Crippen molar-refractivity contribution in [2.24, 2.45) is 13.0 Å². The van der Waals surface area contributed by atoms with Crippen LogP contribution < -0.4 is 0 Å². The number of hydrogen-bond donors (Lipinski definition) is 1. The summed E-state index contributed by atoms with van der Waals surface area (Å²) in [6.07, 6.45) is 5.22. The second-order valence-electron chi connectivity index (χ2n) is 4.34. The van der Waals surface area contributed by atoms with Crippen LogP contribution in [0.1, 0.15) is 18.7 Å². The number of nitrogens with zero attached hydrogens (tertiary/aromatic N) is 3. The average Bonchev–Trinajstić information content (AvgIpc) is 2.65. The summed E-state index contributed by atoms with van der Waals surface area (Å²) in [5.74, 6) is 0.225. The first kappa shape index (κ1) is 11.1. The van der Waals surface area contributed by atoms with Gasteiger partial charge in [0, 0.05) is 19.4 Å². The average molecular weight is 223 g/mol. The van der Waals surface area contributed by atoms with E-state index >= 15 is 0 Å². The summed E-state index contributed by atoms with van der Waals surface area (Å²) in [5.41, 5.74) is 0. The molecule has 0 saturated carbocycles. The summed E-state index contributed by atoms with van der Waals surface area (Å²) in [6.45, 7) is 2.52. The van der Waals surface area contributed by atoms with Crippen LogP contribution in [-0.2, 0) is 18.4 Å². The predicted molar refractivity (Wildman–Crippen MR) is 58.8 cm³/mol. The highest BCUT2D eigenvalue weighted by Gasteiger charge is 2.24. The zero-order chi connectivity index (χ0) is 11.5. The summed E-state index contributed by atoms with van der Waals surface area (Å²) in [7, 11) is 1.98. The molecule has 0 bridgehead atoms. The highest BCUT2D eigenvalue weighted by molar-refractivity contribution is 5.70. The molecule has 16 heavy (non-hydrogen) atoms. The molecule has 5 nitrogen and oxygen atoms in total. The first-order valence-electron chi connectivity index (χ1n) is 5.58. The van der Waals surface area contributed by atoms with E-state index in [1.54, 1.807) is 6.20 Å². The second kappa shape index (κ2) is 4.65. The van der Waals surface area contributed by atoms with Crippen LogP contribution in [0.25, 0.3) is 0 Å². The van der Waals surface area contributed by atoms with Gasteiger partial charge in [-0.05, 0) is 25.9 Å². The molecule has 0 aromatic carbocycles. The number of aromatic nitrogens is 2. The Morgan fingerprint density at radius 1 is 1.56 bits per heavy atom. The largest absolute Gasteiger partial charge is 0.481 e. The van der Waals surface area contributed by atoms with Gasteiger partial charge in [-0.2, -0.15) is 0 Å². The van der Waals surface area contributed by atoms with Crippen molar-refractivity contribution in [2.75, 3.05) is 13.1 Å². The first-order chi connectivity index (χ1) is 7.66. The molecule has 1 fully saturated rings. The topological polar surface area (TPSA) is 58.4 Å². The fraction of sp³-hybridized carbons (Fsp3) is 0.636. The molecular weight excluding hydrogens is 206 g/mol. The summed E-state index contributed by atoms with van der Waals surface area (Å²) in [6, 6.07) is 0. The maximum Gasteiger partial charge on any atom is 0.306 e. The molecule has 0 spiro atoms. The standard InChI is InChI=1S/C11H17N3O2/c1-13-7-4-12-10(13)8-14-5-2-9(3-6-14)11(15)16/h4,7,9H,2-3,5-6,8H2,1H3,(H,15,16). The Morgan fingerprint density at radius 3 is 2.75 bits per heavy atom. The lowest BCUT2D eigenvalue weighted by molar-refractivity contribution is -0.143. The monoisotopic (exact) mass is 223 g/mol. The van der Waals surface area contributed by atoms with E-state index in [1.807, 2.05) is 17.8 Å². The fourth-order valence-electron chi connectivity index (χ4n) is 2.09. The highest BCUT2D eigenvalue weighted by Crippen LogP contribution is 2.18. The molecule has 1 N–H and O–H groups in total. The molecule has 1 aromatic heterocycles. The van der Waals surface area contributed by atoms with E-state index in [-0.39, 0.29) is 5.92 Å². The summed E-state index contributed by atoms with van der Waals surface area (Å²) >= 11 is 0. The van der Waals surface area contributed by atoms with Crippen LogP contribution in [0.2, 0.25) is 0 Å². The number of aliphatic carboxylic acids is 1. The van der Waals surface area contributed by atoms with E-state index in [0.29, 0.717) is 0 Å². The Morgan fingerprint density at radius 2 is 2.25 bits per heavy atom. The molecule has 0 atom stereocenters. The third-order valence-corrected chi connectivity index (χ3v) is 3.22. The number of piperidine rings is 1. The molecule has 2 heterocycles. The van der Waals surface area contributed by atoms with Crippen molar-refractivity contribution < 1.29 is 9.90 Å². The van der Waals surface area contributed by atoms with Crippen molar-refractivity contribution in [1.29, 1.82) is 0 Å². The summed E-state index contributed by atoms with van der Waals surface area (Å²) in [4.78, 5) is 17.3. The van der Waals surface area contributed by atoms with Crippen LogP contribution in [0.15, 0.2) is 12.4 Å². The van der Waals surface area contributed by atoms with Gasteiger partial charge in [0.15, 0.2) is 0 Å². The van der Waals surface area contributed by atoms with Gasteiger partial charge in [0.2, 0.25) is 0 Å². The zero-order valence-corrected chi connectivity index (χ0v) is 9.46. The molecule has 0 unspecified atom stereocenters. The second-order valence-corrected chi connectivity index (χ2v) is 4.34. The lowest BCUT2D eigenvalue weighted by atomic mass is 9.97. The molecule has 88 valence electrons. The Hall–Kier alpha value is -1.36. The summed E-state index contributed by atoms with van der Waals surface area (Å²) < 4.78 is 2.00. The van der Waals surface area contributed by atoms with Crippen LogP contribution in [0.3, 0.4) is 0 Å². The van der Waals surface area contributed by atoms with Crippen LogP contribution in [0.5, 0.6) is 0 Å². The van der Waals surface area contributed by atoms with Crippen molar-refractivity contribution in [1.82, 2.24) is 14.5 Å². The van der Waals surface area contributed by atoms with E-state index in [9.17, 15) is 4.79 Å². The van der Waals surface area contributed by atoms with Gasteiger partial charge in [-0.15, -0.1) is 0 Å². The molecule has 1 aliphatic heterocycles. The molecule has 1 saturated heterocycles. The number of carboxylic acids is 1. The number of carboxylic acid groups (broad SMARTS) is 1. The van der Waals surface area contributed by atoms with Gasteiger partial charge >= 0.3 is 5.97 Å². The molecule has 1 aromatic rings. The van der Waals surface area contributed by atoms with Crippen LogP contribution >= 0.6 is 0 Å². The van der Waals surface area contributed by atoms with Gasteiger partial charge in [0.1, 0.15) is 5.82 Å². The van der Waals surface area contributed by atoms with E-state index in [4.69, 9.17) is 5.11 Å². The quantitative estimate of drug-likeness (QED) is 0.820. The molecule has 0 aliphatic carbocycles. The molecule has 2 rings (SSSR count). The normalized spacial score (nSPS) is 18.8. The number of imidazole rings is 1. The van der Waals surface area contributed by atoms with Gasteiger partial charge in [-0.25, -0.2) is 4.98 Å². The summed E-state index contributed by atoms with van der Waals surface area (Å²) in [5, 5.41) is 8.89. The minimum Gasteiger partial charge on any atom is -0.481 e. The Kier molecular flexibility index (Phi) is 3.24.